The number of hydrogen-bond acceptors (Lipinski definition) is 4. The number of aromatic nitrogens is 1. The molecule has 24 heavy (non-hydrogen) atoms. The first-order valence-corrected chi connectivity index (χ1v) is 8.89. The number of carbonyl (C=O) groups excluding carboxylic acids is 1. The van der Waals surface area contributed by atoms with E-state index < -0.39 is 10.0 Å². The quantitative estimate of drug-likeness (QED) is 0.730. The molecule has 1 heterocycles. The van der Waals surface area contributed by atoms with Gasteiger partial charge in [0.25, 0.3) is 5.91 Å². The van der Waals surface area contributed by atoms with E-state index in [0.29, 0.717) is 13.2 Å². The summed E-state index contributed by atoms with van der Waals surface area (Å²) >= 11 is 0. The molecule has 0 spiro atoms. The van der Waals surface area contributed by atoms with Gasteiger partial charge in [-0.2, -0.15) is 0 Å². The molecule has 1 aromatic heterocycles. The number of hydrogen-bond donors (Lipinski definition) is 2. The summed E-state index contributed by atoms with van der Waals surface area (Å²) in [5.41, 5.74) is 1.36. The molecule has 0 saturated heterocycles. The third-order valence-electron chi connectivity index (χ3n) is 3.44. The molecule has 0 atom stereocenters. The monoisotopic (exact) mass is 351 g/mol. The maximum atomic E-state index is 12.2. The fraction of sp³-hybridized carbons (Fsp3) is 0.312. The summed E-state index contributed by atoms with van der Waals surface area (Å²) in [6.45, 7) is 2.61. The topological polar surface area (TPSA) is 89.4 Å². The van der Waals surface area contributed by atoms with Crippen molar-refractivity contribution in [3.05, 3.63) is 47.8 Å². The van der Waals surface area contributed by atoms with Crippen LogP contribution in [0.4, 0.5) is 0 Å². The predicted octanol–water partition coefficient (Wildman–Crippen LogP) is 1.05. The SMILES string of the molecule is CNS(=O)(=O)c1cc(C(=O)NCCOc2cccc(C)c2)n(C)c1. The van der Waals surface area contributed by atoms with Crippen LogP contribution < -0.4 is 14.8 Å². The number of carbonyl (C=O) groups is 1. The van der Waals surface area contributed by atoms with Crippen molar-refractivity contribution in [3.8, 4) is 5.75 Å². The van der Waals surface area contributed by atoms with E-state index in [4.69, 9.17) is 4.74 Å². The Kier molecular flexibility index (Phi) is 5.63. The van der Waals surface area contributed by atoms with E-state index in [-0.39, 0.29) is 16.5 Å². The van der Waals surface area contributed by atoms with Crippen LogP contribution in [-0.2, 0) is 17.1 Å². The summed E-state index contributed by atoms with van der Waals surface area (Å²) in [6.07, 6.45) is 1.39. The van der Waals surface area contributed by atoms with Crippen molar-refractivity contribution in [1.29, 1.82) is 0 Å². The number of aryl methyl sites for hydroxylation is 2. The Hall–Kier alpha value is -2.32. The van der Waals surface area contributed by atoms with Crippen molar-refractivity contribution in [2.45, 2.75) is 11.8 Å². The molecule has 0 aliphatic carbocycles. The number of ether oxygens (including phenoxy) is 1. The van der Waals surface area contributed by atoms with Crippen molar-refractivity contribution >= 4 is 15.9 Å². The van der Waals surface area contributed by atoms with E-state index in [1.54, 1.807) is 7.05 Å². The number of benzene rings is 1. The Morgan fingerprint density at radius 1 is 1.29 bits per heavy atom. The van der Waals surface area contributed by atoms with E-state index in [2.05, 4.69) is 10.0 Å². The molecule has 2 rings (SSSR count). The lowest BCUT2D eigenvalue weighted by atomic mass is 10.2. The predicted molar refractivity (Wildman–Crippen MR) is 90.7 cm³/mol. The van der Waals surface area contributed by atoms with Gasteiger partial charge in [-0.1, -0.05) is 12.1 Å². The third kappa shape index (κ3) is 4.36. The molecule has 1 amide bonds. The Balaban J connectivity index is 1.91. The zero-order valence-corrected chi connectivity index (χ0v) is 14.7. The second-order valence-electron chi connectivity index (χ2n) is 5.30. The van der Waals surface area contributed by atoms with Crippen LogP contribution >= 0.6 is 0 Å². The summed E-state index contributed by atoms with van der Waals surface area (Å²) in [4.78, 5) is 12.2. The molecule has 0 unspecified atom stereocenters. The second kappa shape index (κ2) is 7.50. The molecule has 2 aromatic rings. The van der Waals surface area contributed by atoms with E-state index >= 15 is 0 Å². The van der Waals surface area contributed by atoms with Gasteiger partial charge >= 0.3 is 0 Å². The highest BCUT2D eigenvalue weighted by molar-refractivity contribution is 7.89. The normalized spacial score (nSPS) is 11.3. The summed E-state index contributed by atoms with van der Waals surface area (Å²) < 4.78 is 32.8. The van der Waals surface area contributed by atoms with Crippen LogP contribution in [0, 0.1) is 6.92 Å². The average molecular weight is 351 g/mol. The van der Waals surface area contributed by atoms with Crippen molar-refractivity contribution < 1.29 is 17.9 Å². The minimum atomic E-state index is -3.57. The van der Waals surface area contributed by atoms with E-state index in [0.717, 1.165) is 11.3 Å². The first-order valence-electron chi connectivity index (χ1n) is 7.41. The van der Waals surface area contributed by atoms with E-state index in [1.807, 2.05) is 31.2 Å². The zero-order valence-electron chi connectivity index (χ0n) is 13.9. The standard InChI is InChI=1S/C16H21N3O4S/c1-12-5-4-6-13(9-12)23-8-7-18-16(20)15-10-14(11-19(15)3)24(21,22)17-2/h4-6,9-11,17H,7-8H2,1-3H3,(H,18,20). The van der Waals surface area contributed by atoms with Gasteiger partial charge in [0, 0.05) is 13.2 Å². The van der Waals surface area contributed by atoms with Gasteiger partial charge in [0.2, 0.25) is 10.0 Å². The maximum Gasteiger partial charge on any atom is 0.268 e. The van der Waals surface area contributed by atoms with Crippen LogP contribution in [0.25, 0.3) is 0 Å². The molecule has 0 fully saturated rings. The lowest BCUT2D eigenvalue weighted by molar-refractivity contribution is 0.0939. The largest absolute Gasteiger partial charge is 0.492 e. The molecule has 0 aliphatic rings. The van der Waals surface area contributed by atoms with Crippen molar-refractivity contribution in [2.24, 2.45) is 7.05 Å². The van der Waals surface area contributed by atoms with Crippen LogP contribution in [0.15, 0.2) is 41.4 Å². The van der Waals surface area contributed by atoms with Gasteiger partial charge < -0.3 is 14.6 Å². The average Bonchev–Trinajstić information content (AvgIpc) is 2.94. The van der Waals surface area contributed by atoms with Gasteiger partial charge in [0.1, 0.15) is 22.9 Å². The Labute approximate surface area is 141 Å². The van der Waals surface area contributed by atoms with Crippen LogP contribution in [0.5, 0.6) is 5.75 Å². The molecule has 0 bridgehead atoms. The molecule has 130 valence electrons. The van der Waals surface area contributed by atoms with Crippen molar-refractivity contribution in [1.82, 2.24) is 14.6 Å². The van der Waals surface area contributed by atoms with Gasteiger partial charge in [-0.25, -0.2) is 13.1 Å². The van der Waals surface area contributed by atoms with Gasteiger partial charge in [0.15, 0.2) is 0 Å². The van der Waals surface area contributed by atoms with Crippen LogP contribution in [0.1, 0.15) is 16.1 Å². The second-order valence-corrected chi connectivity index (χ2v) is 7.19. The fourth-order valence-corrected chi connectivity index (χ4v) is 2.95. The molecule has 0 saturated carbocycles. The summed E-state index contributed by atoms with van der Waals surface area (Å²) in [7, 11) is -0.632. The first-order chi connectivity index (χ1) is 11.3. The Morgan fingerprint density at radius 2 is 2.04 bits per heavy atom. The highest BCUT2D eigenvalue weighted by atomic mass is 32.2. The highest BCUT2D eigenvalue weighted by Crippen LogP contribution is 2.13. The minimum Gasteiger partial charge on any atom is -0.492 e. The molecule has 8 heteroatoms. The number of amides is 1. The number of rotatable bonds is 7. The molecule has 7 nitrogen and oxygen atoms in total. The van der Waals surface area contributed by atoms with Gasteiger partial charge in [0.05, 0.1) is 6.54 Å². The molecular formula is C16H21N3O4S. The number of nitrogens with zero attached hydrogens (tertiary/aromatic N) is 1. The summed E-state index contributed by atoms with van der Waals surface area (Å²) in [5.74, 6) is 0.383. The van der Waals surface area contributed by atoms with Crippen LogP contribution in [-0.4, -0.2) is 39.1 Å². The Bertz CT molecular complexity index is 828. The highest BCUT2D eigenvalue weighted by Gasteiger charge is 2.18. The molecule has 1 aromatic carbocycles. The zero-order chi connectivity index (χ0) is 17.7. The minimum absolute atomic E-state index is 0.0497. The third-order valence-corrected chi connectivity index (χ3v) is 4.82. The Morgan fingerprint density at radius 3 is 2.71 bits per heavy atom. The first kappa shape index (κ1) is 18.0. The molecule has 2 N–H and O–H groups in total. The van der Waals surface area contributed by atoms with Crippen LogP contribution in [0.3, 0.4) is 0 Å². The molecular weight excluding hydrogens is 330 g/mol. The number of sulfonamides is 1. The van der Waals surface area contributed by atoms with Crippen molar-refractivity contribution in [2.75, 3.05) is 20.2 Å². The smallest absolute Gasteiger partial charge is 0.268 e. The number of nitrogens with one attached hydrogen (secondary N) is 2. The summed E-state index contributed by atoms with van der Waals surface area (Å²) in [5, 5.41) is 2.71. The fourth-order valence-electron chi connectivity index (χ4n) is 2.15. The van der Waals surface area contributed by atoms with Gasteiger partial charge in [-0.3, -0.25) is 4.79 Å². The lowest BCUT2D eigenvalue weighted by Gasteiger charge is -2.08. The van der Waals surface area contributed by atoms with Crippen LogP contribution in [0.2, 0.25) is 0 Å². The molecule has 0 radical (unpaired) electrons. The van der Waals surface area contributed by atoms with Crippen molar-refractivity contribution in [3.63, 3.8) is 0 Å². The van der Waals surface area contributed by atoms with Gasteiger partial charge in [-0.05, 0) is 37.7 Å². The maximum absolute atomic E-state index is 12.2. The van der Waals surface area contributed by atoms with E-state index in [1.165, 1.54) is 23.9 Å². The van der Waals surface area contributed by atoms with Gasteiger partial charge in [-0.15, -0.1) is 0 Å². The summed E-state index contributed by atoms with van der Waals surface area (Å²) in [6, 6.07) is 8.97. The molecule has 0 aliphatic heterocycles. The lowest BCUT2D eigenvalue weighted by Crippen LogP contribution is -2.29. The van der Waals surface area contributed by atoms with E-state index in [9.17, 15) is 13.2 Å².